The van der Waals surface area contributed by atoms with Crippen LogP contribution in [0.2, 0.25) is 0 Å². The van der Waals surface area contributed by atoms with Gasteiger partial charge in [0.15, 0.2) is 11.0 Å². The molecular formula is C16H15N3O2S2. The third-order valence-corrected chi connectivity index (χ3v) is 4.95. The summed E-state index contributed by atoms with van der Waals surface area (Å²) in [5, 5.41) is 11.4. The van der Waals surface area contributed by atoms with E-state index in [1.54, 1.807) is 11.3 Å². The Bertz CT molecular complexity index is 770. The summed E-state index contributed by atoms with van der Waals surface area (Å²) >= 11 is 3.12. The number of esters is 1. The van der Waals surface area contributed by atoms with E-state index in [1.807, 2.05) is 52.4 Å². The number of rotatable bonds is 6. The molecule has 0 spiro atoms. The highest BCUT2D eigenvalue weighted by atomic mass is 32.2. The Hall–Kier alpha value is -2.12. The van der Waals surface area contributed by atoms with Crippen LogP contribution in [-0.4, -0.2) is 33.6 Å². The molecule has 118 valence electrons. The number of carbonyl (C=O) groups is 1. The Morgan fingerprint density at radius 3 is 2.74 bits per heavy atom. The number of carbonyl (C=O) groups excluding carboxylic acids is 1. The first-order valence-corrected chi connectivity index (χ1v) is 8.90. The van der Waals surface area contributed by atoms with Gasteiger partial charge in [-0.25, -0.2) is 0 Å². The Kier molecular flexibility index (Phi) is 5.09. The summed E-state index contributed by atoms with van der Waals surface area (Å²) in [6.45, 7) is 0. The van der Waals surface area contributed by atoms with Crippen LogP contribution in [-0.2, 0) is 9.53 Å². The van der Waals surface area contributed by atoms with Crippen LogP contribution in [0.4, 0.5) is 0 Å². The van der Waals surface area contributed by atoms with E-state index in [9.17, 15) is 4.79 Å². The molecule has 0 fully saturated rings. The van der Waals surface area contributed by atoms with Gasteiger partial charge in [0.05, 0.1) is 18.4 Å². The van der Waals surface area contributed by atoms with Crippen LogP contribution in [0.1, 0.15) is 6.42 Å². The fourth-order valence-corrected chi connectivity index (χ4v) is 3.64. The van der Waals surface area contributed by atoms with Crippen molar-refractivity contribution in [2.75, 3.05) is 12.9 Å². The van der Waals surface area contributed by atoms with E-state index in [1.165, 1.54) is 18.9 Å². The van der Waals surface area contributed by atoms with Gasteiger partial charge in [-0.2, -0.15) is 0 Å². The average Bonchev–Trinajstić information content (AvgIpc) is 3.24. The maximum Gasteiger partial charge on any atom is 0.306 e. The van der Waals surface area contributed by atoms with Crippen molar-refractivity contribution in [2.24, 2.45) is 0 Å². The van der Waals surface area contributed by atoms with Crippen molar-refractivity contribution in [3.8, 4) is 16.4 Å². The number of hydrogen-bond donors (Lipinski definition) is 0. The van der Waals surface area contributed by atoms with Crippen molar-refractivity contribution in [3.63, 3.8) is 0 Å². The fourth-order valence-electron chi connectivity index (χ4n) is 2.07. The van der Waals surface area contributed by atoms with Crippen LogP contribution >= 0.6 is 23.1 Å². The van der Waals surface area contributed by atoms with Gasteiger partial charge in [0, 0.05) is 11.4 Å². The maximum absolute atomic E-state index is 11.3. The molecule has 3 rings (SSSR count). The number of ether oxygens (including phenoxy) is 1. The number of thioether (sulfide) groups is 1. The number of aromatic nitrogens is 3. The molecule has 0 saturated heterocycles. The van der Waals surface area contributed by atoms with Crippen molar-refractivity contribution in [3.05, 3.63) is 47.8 Å². The minimum Gasteiger partial charge on any atom is -0.469 e. The Labute approximate surface area is 142 Å². The van der Waals surface area contributed by atoms with Gasteiger partial charge >= 0.3 is 5.97 Å². The number of para-hydroxylation sites is 1. The van der Waals surface area contributed by atoms with Crippen LogP contribution in [0.15, 0.2) is 53.0 Å². The average molecular weight is 345 g/mol. The van der Waals surface area contributed by atoms with Gasteiger partial charge < -0.3 is 4.74 Å². The molecule has 1 aromatic carbocycles. The SMILES string of the molecule is COC(=O)CCSc1nnc(-c2cccs2)n1-c1ccccc1. The van der Waals surface area contributed by atoms with Gasteiger partial charge in [-0.3, -0.25) is 9.36 Å². The highest BCUT2D eigenvalue weighted by Crippen LogP contribution is 2.30. The molecule has 2 aromatic heterocycles. The van der Waals surface area contributed by atoms with Crippen LogP contribution in [0.5, 0.6) is 0 Å². The molecule has 0 N–H and O–H groups in total. The highest BCUT2D eigenvalue weighted by Gasteiger charge is 2.17. The summed E-state index contributed by atoms with van der Waals surface area (Å²) in [4.78, 5) is 12.3. The molecule has 5 nitrogen and oxygen atoms in total. The molecule has 7 heteroatoms. The number of methoxy groups -OCH3 is 1. The standard InChI is InChI=1S/C16H15N3O2S2/c1-21-14(20)9-11-23-16-18-17-15(13-8-5-10-22-13)19(16)12-6-3-2-4-7-12/h2-8,10H,9,11H2,1H3. The van der Waals surface area contributed by atoms with E-state index in [-0.39, 0.29) is 5.97 Å². The van der Waals surface area contributed by atoms with E-state index >= 15 is 0 Å². The third-order valence-electron chi connectivity index (χ3n) is 3.15. The predicted octanol–water partition coefficient (Wildman–Crippen LogP) is 3.65. The largest absolute Gasteiger partial charge is 0.469 e. The summed E-state index contributed by atoms with van der Waals surface area (Å²) < 4.78 is 6.70. The van der Waals surface area contributed by atoms with Gasteiger partial charge in [-0.1, -0.05) is 36.0 Å². The van der Waals surface area contributed by atoms with Gasteiger partial charge in [0.25, 0.3) is 0 Å². The molecule has 0 radical (unpaired) electrons. The second-order valence-corrected chi connectivity index (χ2v) is 6.64. The van der Waals surface area contributed by atoms with Gasteiger partial charge in [0.1, 0.15) is 0 Å². The number of benzene rings is 1. The monoisotopic (exact) mass is 345 g/mol. The van der Waals surface area contributed by atoms with E-state index in [0.29, 0.717) is 12.2 Å². The molecule has 0 aliphatic carbocycles. The first-order valence-electron chi connectivity index (χ1n) is 7.04. The smallest absolute Gasteiger partial charge is 0.306 e. The molecule has 0 saturated carbocycles. The van der Waals surface area contributed by atoms with Crippen molar-refractivity contribution < 1.29 is 9.53 Å². The van der Waals surface area contributed by atoms with Gasteiger partial charge in [0.2, 0.25) is 0 Å². The quantitative estimate of drug-likeness (QED) is 0.504. The summed E-state index contributed by atoms with van der Waals surface area (Å²) in [5.74, 6) is 1.19. The summed E-state index contributed by atoms with van der Waals surface area (Å²) in [6, 6.07) is 14.0. The van der Waals surface area contributed by atoms with Crippen LogP contribution in [0.25, 0.3) is 16.4 Å². The number of nitrogens with zero attached hydrogens (tertiary/aromatic N) is 3. The van der Waals surface area contributed by atoms with Crippen LogP contribution in [0.3, 0.4) is 0 Å². The lowest BCUT2D eigenvalue weighted by atomic mass is 10.3. The van der Waals surface area contributed by atoms with Crippen LogP contribution in [0, 0.1) is 0 Å². The highest BCUT2D eigenvalue weighted by molar-refractivity contribution is 7.99. The Morgan fingerprint density at radius 2 is 2.04 bits per heavy atom. The molecule has 0 aliphatic rings. The number of hydrogen-bond acceptors (Lipinski definition) is 6. The van der Waals surface area contributed by atoms with Gasteiger partial charge in [-0.05, 0) is 23.6 Å². The topological polar surface area (TPSA) is 57.0 Å². The minimum absolute atomic E-state index is 0.221. The lowest BCUT2D eigenvalue weighted by Crippen LogP contribution is -2.03. The van der Waals surface area contributed by atoms with Crippen LogP contribution < -0.4 is 0 Å². The molecular weight excluding hydrogens is 330 g/mol. The van der Waals surface area contributed by atoms with E-state index < -0.39 is 0 Å². The maximum atomic E-state index is 11.3. The molecule has 3 aromatic rings. The molecule has 23 heavy (non-hydrogen) atoms. The molecule has 0 amide bonds. The summed E-state index contributed by atoms with van der Waals surface area (Å²) in [5.41, 5.74) is 1.00. The zero-order valence-corrected chi connectivity index (χ0v) is 14.1. The Balaban J connectivity index is 1.92. The van der Waals surface area contributed by atoms with E-state index in [4.69, 9.17) is 0 Å². The molecule has 0 bridgehead atoms. The fraction of sp³-hybridized carbons (Fsp3) is 0.188. The van der Waals surface area contributed by atoms with E-state index in [2.05, 4.69) is 14.9 Å². The normalized spacial score (nSPS) is 10.7. The Morgan fingerprint density at radius 1 is 1.22 bits per heavy atom. The summed E-state index contributed by atoms with van der Waals surface area (Å²) in [7, 11) is 1.40. The molecule has 0 aliphatic heterocycles. The number of thiophene rings is 1. The minimum atomic E-state index is -0.221. The first-order chi connectivity index (χ1) is 11.3. The zero-order valence-electron chi connectivity index (χ0n) is 12.5. The van der Waals surface area contributed by atoms with E-state index in [0.717, 1.165) is 21.5 Å². The zero-order chi connectivity index (χ0) is 16.1. The lowest BCUT2D eigenvalue weighted by molar-refractivity contribution is -0.140. The summed E-state index contributed by atoms with van der Waals surface area (Å²) in [6.07, 6.45) is 0.344. The molecule has 0 unspecified atom stereocenters. The van der Waals surface area contributed by atoms with Gasteiger partial charge in [-0.15, -0.1) is 21.5 Å². The third kappa shape index (κ3) is 3.62. The van der Waals surface area contributed by atoms with Crippen molar-refractivity contribution in [1.82, 2.24) is 14.8 Å². The molecule has 0 atom stereocenters. The van der Waals surface area contributed by atoms with Crippen molar-refractivity contribution in [1.29, 1.82) is 0 Å². The molecule has 2 heterocycles. The second-order valence-electron chi connectivity index (χ2n) is 4.63. The second kappa shape index (κ2) is 7.43. The first kappa shape index (κ1) is 15.8. The van der Waals surface area contributed by atoms with Crippen molar-refractivity contribution >= 4 is 29.1 Å². The predicted molar refractivity (Wildman–Crippen MR) is 92.0 cm³/mol. The lowest BCUT2D eigenvalue weighted by Gasteiger charge is -2.09. The van der Waals surface area contributed by atoms with Crippen molar-refractivity contribution in [2.45, 2.75) is 11.6 Å².